The van der Waals surface area contributed by atoms with Crippen molar-refractivity contribution in [2.45, 2.75) is 19.6 Å². The van der Waals surface area contributed by atoms with Gasteiger partial charge in [0.1, 0.15) is 6.61 Å². The number of aromatic nitrogens is 1. The highest BCUT2D eigenvalue weighted by atomic mass is 35.5. The number of thiazole rings is 1. The van der Waals surface area contributed by atoms with E-state index >= 15 is 0 Å². The van der Waals surface area contributed by atoms with Crippen LogP contribution in [0.25, 0.3) is 11.8 Å². The predicted molar refractivity (Wildman–Crippen MR) is 189 cm³/mol. The van der Waals surface area contributed by atoms with Crippen LogP contribution in [0.3, 0.4) is 0 Å². The van der Waals surface area contributed by atoms with E-state index < -0.39 is 12.0 Å². The molecule has 0 saturated heterocycles. The summed E-state index contributed by atoms with van der Waals surface area (Å²) in [5.74, 6) is 1.31. The van der Waals surface area contributed by atoms with Crippen molar-refractivity contribution in [3.05, 3.63) is 144 Å². The van der Waals surface area contributed by atoms with E-state index in [-0.39, 0.29) is 24.3 Å². The van der Waals surface area contributed by atoms with Gasteiger partial charge in [0.2, 0.25) is 0 Å². The summed E-state index contributed by atoms with van der Waals surface area (Å²) < 4.78 is 30.5. The van der Waals surface area contributed by atoms with Crippen molar-refractivity contribution < 1.29 is 28.5 Å². The van der Waals surface area contributed by atoms with E-state index in [0.717, 1.165) is 5.56 Å². The molecule has 1 aromatic heterocycles. The van der Waals surface area contributed by atoms with Gasteiger partial charge in [0, 0.05) is 21.7 Å². The number of nitrogens with zero attached hydrogens (tertiary/aromatic N) is 2. The van der Waals surface area contributed by atoms with Gasteiger partial charge in [-0.25, -0.2) is 9.79 Å². The van der Waals surface area contributed by atoms with E-state index in [9.17, 15) is 9.59 Å². The molecule has 1 aliphatic rings. The summed E-state index contributed by atoms with van der Waals surface area (Å²) in [6.45, 7) is 2.06. The Bertz CT molecular complexity index is 2230. The fourth-order valence-electron chi connectivity index (χ4n) is 5.65. The molecule has 6 rings (SSSR count). The van der Waals surface area contributed by atoms with Gasteiger partial charge < -0.3 is 23.7 Å². The lowest BCUT2D eigenvalue weighted by Crippen LogP contribution is -2.40. The summed E-state index contributed by atoms with van der Waals surface area (Å²) in [6.07, 6.45) is 1.75. The zero-order valence-electron chi connectivity index (χ0n) is 27.3. The van der Waals surface area contributed by atoms with Crippen LogP contribution in [0.15, 0.2) is 106 Å². The van der Waals surface area contributed by atoms with Gasteiger partial charge in [-0.15, -0.1) is 0 Å². The van der Waals surface area contributed by atoms with Crippen LogP contribution >= 0.6 is 22.9 Å². The lowest BCUT2D eigenvalue weighted by Gasteiger charge is -2.26. The minimum atomic E-state index is -0.895. The molecule has 0 amide bonds. The standard InChI is InChI=1S/C38H33ClN2O7S/c1-5-47-37(43)32-33(23-12-7-6-8-13-23)40-38-41(34(32)24-18-19-28(44-2)30(20-24)46-4)36(42)31(49-38)21-25-15-11-17-29(45-3)35(25)48-22-26-14-9-10-16-27(26)39/h6-21,34H,5,22H2,1-4H3/b31-21-/t34-/m1/s1. The first-order chi connectivity index (χ1) is 23.9. The van der Waals surface area contributed by atoms with Crippen LogP contribution in [-0.2, 0) is 16.1 Å². The second-order valence-electron chi connectivity index (χ2n) is 10.8. The fourth-order valence-corrected chi connectivity index (χ4v) is 6.83. The summed E-state index contributed by atoms with van der Waals surface area (Å²) in [6, 6.07) is 26.7. The second kappa shape index (κ2) is 14.8. The third-order valence-corrected chi connectivity index (χ3v) is 9.29. The molecule has 0 unspecified atom stereocenters. The van der Waals surface area contributed by atoms with E-state index in [2.05, 4.69) is 0 Å². The van der Waals surface area contributed by atoms with Crippen LogP contribution in [0.5, 0.6) is 23.0 Å². The molecule has 0 radical (unpaired) electrons. The van der Waals surface area contributed by atoms with Crippen molar-refractivity contribution in [2.24, 2.45) is 4.99 Å². The summed E-state index contributed by atoms with van der Waals surface area (Å²) in [5, 5.41) is 0.578. The first-order valence-corrected chi connectivity index (χ1v) is 16.6. The first-order valence-electron chi connectivity index (χ1n) is 15.4. The average molecular weight is 697 g/mol. The Morgan fingerprint density at radius 3 is 2.35 bits per heavy atom. The number of esters is 1. The molecule has 9 nitrogen and oxygen atoms in total. The number of hydrogen-bond donors (Lipinski definition) is 0. The third kappa shape index (κ3) is 6.70. The van der Waals surface area contributed by atoms with Gasteiger partial charge in [0.15, 0.2) is 27.8 Å². The minimum Gasteiger partial charge on any atom is -0.493 e. The molecule has 250 valence electrons. The number of halogens is 1. The lowest BCUT2D eigenvalue weighted by atomic mass is 9.93. The number of ether oxygens (including phenoxy) is 5. The molecule has 2 heterocycles. The van der Waals surface area contributed by atoms with Crippen LogP contribution in [0.2, 0.25) is 5.02 Å². The third-order valence-electron chi connectivity index (χ3n) is 7.94. The molecule has 0 aliphatic carbocycles. The van der Waals surface area contributed by atoms with E-state index in [4.69, 9.17) is 40.3 Å². The fraction of sp³-hybridized carbons (Fsp3) is 0.184. The molecular formula is C38H33ClN2O7S. The maximum absolute atomic E-state index is 14.5. The molecule has 4 aromatic carbocycles. The van der Waals surface area contributed by atoms with Crippen LogP contribution in [0.4, 0.5) is 0 Å². The van der Waals surface area contributed by atoms with Crippen molar-refractivity contribution in [1.29, 1.82) is 0 Å². The van der Waals surface area contributed by atoms with Gasteiger partial charge in [-0.05, 0) is 42.8 Å². The van der Waals surface area contributed by atoms with Gasteiger partial charge in [-0.3, -0.25) is 9.36 Å². The monoisotopic (exact) mass is 696 g/mol. The molecule has 5 aromatic rings. The van der Waals surface area contributed by atoms with Crippen molar-refractivity contribution in [1.82, 2.24) is 4.57 Å². The molecule has 0 saturated carbocycles. The molecule has 0 bridgehead atoms. The normalized spacial score (nSPS) is 14.1. The van der Waals surface area contributed by atoms with Gasteiger partial charge >= 0.3 is 5.97 Å². The molecule has 11 heteroatoms. The number of methoxy groups -OCH3 is 3. The smallest absolute Gasteiger partial charge is 0.338 e. The number of fused-ring (bicyclic) bond motifs is 1. The highest BCUT2D eigenvalue weighted by Crippen LogP contribution is 2.39. The van der Waals surface area contributed by atoms with E-state index in [0.29, 0.717) is 59.7 Å². The van der Waals surface area contributed by atoms with Crippen LogP contribution < -0.4 is 33.8 Å². The Morgan fingerprint density at radius 1 is 0.898 bits per heavy atom. The maximum Gasteiger partial charge on any atom is 0.338 e. The molecule has 49 heavy (non-hydrogen) atoms. The summed E-state index contributed by atoms with van der Waals surface area (Å²) in [5.41, 5.74) is 3.03. The topological polar surface area (TPSA) is 97.6 Å². The Balaban J connectivity index is 1.58. The molecule has 0 spiro atoms. The Kier molecular flexibility index (Phi) is 10.2. The van der Waals surface area contributed by atoms with E-state index in [1.165, 1.54) is 23.0 Å². The Labute approximate surface area is 291 Å². The van der Waals surface area contributed by atoms with Crippen molar-refractivity contribution in [2.75, 3.05) is 27.9 Å². The van der Waals surface area contributed by atoms with Gasteiger partial charge in [0.05, 0.1) is 49.8 Å². The zero-order chi connectivity index (χ0) is 34.5. The molecule has 0 N–H and O–H groups in total. The van der Waals surface area contributed by atoms with Crippen LogP contribution in [0.1, 0.15) is 35.2 Å². The predicted octanol–water partition coefficient (Wildman–Crippen LogP) is 6.19. The number of rotatable bonds is 11. The van der Waals surface area contributed by atoms with Crippen LogP contribution in [-0.4, -0.2) is 38.5 Å². The second-order valence-corrected chi connectivity index (χ2v) is 12.2. The van der Waals surface area contributed by atoms with Gasteiger partial charge in [-0.2, -0.15) is 0 Å². The quantitative estimate of drug-likeness (QED) is 0.152. The summed E-state index contributed by atoms with van der Waals surface area (Å²) >= 11 is 7.60. The minimum absolute atomic E-state index is 0.139. The molecule has 0 fully saturated rings. The Morgan fingerprint density at radius 2 is 1.63 bits per heavy atom. The van der Waals surface area contributed by atoms with Crippen molar-refractivity contribution in [3.8, 4) is 23.0 Å². The number of hydrogen-bond acceptors (Lipinski definition) is 9. The number of carbonyl (C=O) groups is 1. The lowest BCUT2D eigenvalue weighted by molar-refractivity contribution is -0.138. The van der Waals surface area contributed by atoms with E-state index in [1.807, 2.05) is 60.7 Å². The molecule has 1 aliphatic heterocycles. The van der Waals surface area contributed by atoms with Gasteiger partial charge in [0.25, 0.3) is 5.56 Å². The molecular weight excluding hydrogens is 664 g/mol. The average Bonchev–Trinajstić information content (AvgIpc) is 3.44. The number of benzene rings is 4. The van der Waals surface area contributed by atoms with Crippen molar-refractivity contribution >= 4 is 40.7 Å². The van der Waals surface area contributed by atoms with Crippen LogP contribution in [0, 0.1) is 0 Å². The number of para-hydroxylation sites is 1. The molecule has 1 atom stereocenters. The SMILES string of the molecule is CCOC(=O)C1=C(c2ccccc2)N=c2s/c(=C\c3cccc(OC)c3OCc3ccccc3Cl)c(=O)n2[C@@H]1c1ccc(OC)c(OC)c1. The Hall–Kier alpha value is -5.32. The largest absolute Gasteiger partial charge is 0.493 e. The first kappa shape index (κ1) is 33.6. The highest BCUT2D eigenvalue weighted by Gasteiger charge is 2.35. The number of carbonyl (C=O) groups excluding carboxylic acids is 1. The van der Waals surface area contributed by atoms with Gasteiger partial charge in [-0.1, -0.05) is 89.7 Å². The van der Waals surface area contributed by atoms with E-state index in [1.54, 1.807) is 57.6 Å². The highest BCUT2D eigenvalue weighted by molar-refractivity contribution is 7.07. The summed E-state index contributed by atoms with van der Waals surface area (Å²) in [4.78, 5) is 33.7. The maximum atomic E-state index is 14.5. The zero-order valence-corrected chi connectivity index (χ0v) is 28.8. The van der Waals surface area contributed by atoms with Crippen molar-refractivity contribution in [3.63, 3.8) is 0 Å². The summed E-state index contributed by atoms with van der Waals surface area (Å²) in [7, 11) is 4.63.